The smallest absolute Gasteiger partial charge is 0.305 e. The molecule has 2 heterocycles. The summed E-state index contributed by atoms with van der Waals surface area (Å²) in [6.07, 6.45) is 9.24. The molecule has 0 aromatic heterocycles. The summed E-state index contributed by atoms with van der Waals surface area (Å²) in [5, 5.41) is 10.8. The largest absolute Gasteiger partial charge is 0.504 e. The molecule has 2 aliphatic heterocycles. The summed E-state index contributed by atoms with van der Waals surface area (Å²) in [7, 11) is 0. The summed E-state index contributed by atoms with van der Waals surface area (Å²) in [5.74, 6) is 1.38. The van der Waals surface area contributed by atoms with E-state index in [2.05, 4.69) is 48.7 Å². The van der Waals surface area contributed by atoms with Crippen molar-refractivity contribution in [1.29, 1.82) is 0 Å². The van der Waals surface area contributed by atoms with Crippen molar-refractivity contribution in [3.05, 3.63) is 83.0 Å². The highest BCUT2D eigenvalue weighted by Crippen LogP contribution is 2.64. The average Bonchev–Trinajstić information content (AvgIpc) is 3.71. The van der Waals surface area contributed by atoms with Gasteiger partial charge in [0.25, 0.3) is 0 Å². The van der Waals surface area contributed by atoms with Crippen LogP contribution in [0.25, 0.3) is 0 Å². The Morgan fingerprint density at radius 2 is 1.98 bits per heavy atom. The summed E-state index contributed by atoms with van der Waals surface area (Å²) in [4.78, 5) is 2.52. The number of para-hydroxylation sites is 1. The fraction of sp³-hybridized carbons (Fsp3) is 0.515. The minimum atomic E-state index is -1.94. The van der Waals surface area contributed by atoms with E-state index in [0.717, 1.165) is 55.8 Å². The number of benzene rings is 2. The Labute approximate surface area is 239 Å². The first kappa shape index (κ1) is 26.4. The number of nitrogens with zero attached hydrogens (tertiary/aromatic N) is 1. The molecule has 5 aliphatic rings. The molecule has 0 bridgehead atoms. The van der Waals surface area contributed by atoms with Crippen LogP contribution in [-0.4, -0.2) is 51.7 Å². The molecule has 1 N–H and O–H groups in total. The van der Waals surface area contributed by atoms with Crippen molar-refractivity contribution < 1.29 is 22.4 Å². The van der Waals surface area contributed by atoms with Gasteiger partial charge in [0.1, 0.15) is 11.7 Å². The molecule has 0 amide bonds. The molecular formula is C33H39NO5S. The molecule has 40 heavy (non-hydrogen) atoms. The molecule has 7 heteroatoms. The molecule has 0 radical (unpaired) electrons. The number of hydrogen-bond acceptors (Lipinski definition) is 6. The van der Waals surface area contributed by atoms with Gasteiger partial charge >= 0.3 is 11.4 Å². The molecule has 212 valence electrons. The van der Waals surface area contributed by atoms with Gasteiger partial charge < -0.3 is 9.84 Å². The van der Waals surface area contributed by atoms with Gasteiger partial charge in [0, 0.05) is 18.2 Å². The molecular weight excluding hydrogens is 522 g/mol. The maximum Gasteiger partial charge on any atom is 0.305 e. The van der Waals surface area contributed by atoms with Gasteiger partial charge in [-0.3, -0.25) is 13.3 Å². The predicted octanol–water partition coefficient (Wildman–Crippen LogP) is 5.71. The molecule has 2 aromatic carbocycles. The van der Waals surface area contributed by atoms with E-state index in [0.29, 0.717) is 25.2 Å². The number of allylic oxidation sites excluding steroid dienone is 1. The maximum absolute atomic E-state index is 13.6. The molecule has 2 saturated carbocycles. The minimum absolute atomic E-state index is 0.000506. The monoisotopic (exact) mass is 561 g/mol. The van der Waals surface area contributed by atoms with Crippen molar-refractivity contribution in [2.24, 2.45) is 5.92 Å². The normalized spacial score (nSPS) is 31.8. The van der Waals surface area contributed by atoms with E-state index in [4.69, 9.17) is 13.1 Å². The molecule has 3 fully saturated rings. The lowest BCUT2D eigenvalue weighted by atomic mass is 9.52. The Hall–Kier alpha value is -2.45. The lowest BCUT2D eigenvalue weighted by Gasteiger charge is -2.61. The number of phenols is 1. The van der Waals surface area contributed by atoms with Gasteiger partial charge in [-0.25, -0.2) is 0 Å². The third kappa shape index (κ3) is 4.20. The van der Waals surface area contributed by atoms with Crippen molar-refractivity contribution >= 4 is 11.4 Å². The van der Waals surface area contributed by atoms with Gasteiger partial charge in [-0.2, -0.15) is 4.21 Å². The topological polar surface area (TPSA) is 68.2 Å². The summed E-state index contributed by atoms with van der Waals surface area (Å²) >= 11 is -1.94. The number of fused-ring (bicyclic) bond motifs is 2. The summed E-state index contributed by atoms with van der Waals surface area (Å²) in [5.41, 5.74) is 4.61. The van der Waals surface area contributed by atoms with E-state index in [1.807, 2.05) is 12.1 Å². The summed E-state index contributed by atoms with van der Waals surface area (Å²) < 4.78 is 32.8. The Morgan fingerprint density at radius 3 is 2.80 bits per heavy atom. The minimum Gasteiger partial charge on any atom is -0.504 e. The van der Waals surface area contributed by atoms with Crippen LogP contribution in [0.15, 0.2) is 66.3 Å². The number of rotatable bonds is 8. The summed E-state index contributed by atoms with van der Waals surface area (Å²) in [6, 6.07) is 14.1. The van der Waals surface area contributed by atoms with Gasteiger partial charge in [0.15, 0.2) is 11.5 Å². The molecule has 3 aliphatic carbocycles. The Morgan fingerprint density at radius 1 is 1.15 bits per heavy atom. The zero-order chi connectivity index (χ0) is 27.5. The molecule has 6 nitrogen and oxygen atoms in total. The first-order chi connectivity index (χ1) is 19.4. The van der Waals surface area contributed by atoms with E-state index >= 15 is 0 Å². The van der Waals surface area contributed by atoms with Crippen molar-refractivity contribution in [3.8, 4) is 11.5 Å². The first-order valence-electron chi connectivity index (χ1n) is 14.8. The second-order valence-corrected chi connectivity index (χ2v) is 13.2. The second kappa shape index (κ2) is 10.1. The lowest BCUT2D eigenvalue weighted by molar-refractivity contribution is -0.146. The van der Waals surface area contributed by atoms with Crippen molar-refractivity contribution in [3.63, 3.8) is 0 Å². The lowest BCUT2D eigenvalue weighted by Crippen LogP contribution is -2.73. The molecule has 2 aromatic rings. The number of aromatic hydroxyl groups is 1. The van der Waals surface area contributed by atoms with E-state index in [-0.39, 0.29) is 17.9 Å². The van der Waals surface area contributed by atoms with Crippen LogP contribution in [0.5, 0.6) is 11.5 Å². The first-order valence-corrected chi connectivity index (χ1v) is 15.8. The van der Waals surface area contributed by atoms with Crippen molar-refractivity contribution in [2.75, 3.05) is 19.7 Å². The van der Waals surface area contributed by atoms with E-state index in [1.165, 1.54) is 29.5 Å². The molecule has 5 unspecified atom stereocenters. The number of ether oxygens (including phenoxy) is 1. The van der Waals surface area contributed by atoms with Crippen LogP contribution in [0.4, 0.5) is 0 Å². The van der Waals surface area contributed by atoms with Crippen LogP contribution >= 0.6 is 0 Å². The van der Waals surface area contributed by atoms with E-state index in [1.54, 1.807) is 6.07 Å². The van der Waals surface area contributed by atoms with Gasteiger partial charge in [0.05, 0.1) is 12.0 Å². The van der Waals surface area contributed by atoms with E-state index in [9.17, 15) is 9.32 Å². The van der Waals surface area contributed by atoms with Gasteiger partial charge in [-0.05, 0) is 93.5 Å². The van der Waals surface area contributed by atoms with Crippen LogP contribution < -0.4 is 4.74 Å². The fourth-order valence-electron chi connectivity index (χ4n) is 7.95. The van der Waals surface area contributed by atoms with Crippen LogP contribution in [0.3, 0.4) is 0 Å². The Balaban J connectivity index is 1.15. The van der Waals surface area contributed by atoms with Gasteiger partial charge in [0.2, 0.25) is 0 Å². The fourth-order valence-corrected chi connectivity index (χ4v) is 8.83. The number of piperidine rings is 1. The van der Waals surface area contributed by atoms with Crippen LogP contribution in [0, 0.1) is 5.92 Å². The predicted molar refractivity (Wildman–Crippen MR) is 155 cm³/mol. The highest BCUT2D eigenvalue weighted by atomic mass is 32.2. The SMILES string of the molecule is C=C1CCC2(OS(=O)OCCC3=CCc4ccccc4C3)C(C)N(CC3CC3)CCC23c2cccc(O)c2OC13. The van der Waals surface area contributed by atoms with Crippen LogP contribution in [0.2, 0.25) is 0 Å². The standard InChI is InChI=1S/C33H39NO5S/c1-22-14-16-33(39-40(36)37-19-15-24-12-13-26-6-3-4-7-27(26)20-24)23(2)34(21-25-10-11-25)18-17-32(33)28-8-5-9-29(35)30(28)38-31(22)32/h3-9,12,23,25,31,35H,1,10-11,13-21H2,2H3. The highest BCUT2D eigenvalue weighted by Gasteiger charge is 2.71. The third-order valence-electron chi connectivity index (χ3n) is 10.3. The molecule has 1 saturated heterocycles. The zero-order valence-electron chi connectivity index (χ0n) is 23.3. The number of likely N-dealkylation sites (tertiary alicyclic amines) is 1. The molecule has 5 atom stereocenters. The average molecular weight is 562 g/mol. The third-order valence-corrected chi connectivity index (χ3v) is 11.1. The van der Waals surface area contributed by atoms with Gasteiger partial charge in [-0.1, -0.05) is 54.6 Å². The maximum atomic E-state index is 13.6. The molecule has 7 rings (SSSR count). The van der Waals surface area contributed by atoms with Crippen LogP contribution in [0.1, 0.15) is 62.1 Å². The second-order valence-electron chi connectivity index (χ2n) is 12.4. The quantitative estimate of drug-likeness (QED) is 0.417. The summed E-state index contributed by atoms with van der Waals surface area (Å²) in [6.45, 7) is 8.89. The Kier molecular flexibility index (Phi) is 6.69. The highest BCUT2D eigenvalue weighted by molar-refractivity contribution is 7.75. The number of hydrogen-bond donors (Lipinski definition) is 1. The van der Waals surface area contributed by atoms with Gasteiger partial charge in [-0.15, -0.1) is 0 Å². The Bertz CT molecular complexity index is 1380. The van der Waals surface area contributed by atoms with Crippen molar-refractivity contribution in [1.82, 2.24) is 4.90 Å². The molecule has 1 spiro atoms. The zero-order valence-corrected chi connectivity index (χ0v) is 24.1. The van der Waals surface area contributed by atoms with Crippen molar-refractivity contribution in [2.45, 2.75) is 81.5 Å². The van der Waals surface area contributed by atoms with Crippen LogP contribution in [-0.2, 0) is 38.0 Å². The number of phenolic OH excluding ortho intramolecular Hbond substituents is 1. The van der Waals surface area contributed by atoms with E-state index < -0.39 is 22.4 Å².